The first-order valence-corrected chi connectivity index (χ1v) is 7.01. The van der Waals surface area contributed by atoms with Gasteiger partial charge < -0.3 is 9.26 Å². The third-order valence-corrected chi connectivity index (χ3v) is 3.17. The summed E-state index contributed by atoms with van der Waals surface area (Å²) in [6, 6.07) is 12.2. The van der Waals surface area contributed by atoms with Gasteiger partial charge in [-0.15, -0.1) is 0 Å². The van der Waals surface area contributed by atoms with Crippen molar-refractivity contribution in [2.75, 3.05) is 0 Å². The first-order chi connectivity index (χ1) is 11.1. The van der Waals surface area contributed by atoms with Crippen molar-refractivity contribution < 1.29 is 18.4 Å². The van der Waals surface area contributed by atoms with Crippen LogP contribution in [0.1, 0.15) is 16.2 Å². The van der Waals surface area contributed by atoms with Crippen LogP contribution in [0.25, 0.3) is 11.4 Å². The highest BCUT2D eigenvalue weighted by Gasteiger charge is 2.13. The Kier molecular flexibility index (Phi) is 4.34. The van der Waals surface area contributed by atoms with E-state index in [2.05, 4.69) is 10.1 Å². The molecule has 116 valence electrons. The van der Waals surface area contributed by atoms with Crippen molar-refractivity contribution >= 4 is 17.6 Å². The zero-order chi connectivity index (χ0) is 16.2. The molecule has 0 saturated heterocycles. The summed E-state index contributed by atoms with van der Waals surface area (Å²) in [4.78, 5) is 15.9. The Morgan fingerprint density at radius 3 is 2.83 bits per heavy atom. The monoisotopic (exact) mass is 332 g/mol. The van der Waals surface area contributed by atoms with Gasteiger partial charge in [0.1, 0.15) is 5.82 Å². The molecule has 1 heterocycles. The summed E-state index contributed by atoms with van der Waals surface area (Å²) in [5, 5.41) is 4.34. The van der Waals surface area contributed by atoms with Crippen molar-refractivity contribution in [3.05, 3.63) is 70.8 Å². The maximum Gasteiger partial charge on any atom is 0.338 e. The van der Waals surface area contributed by atoms with Crippen LogP contribution in [-0.2, 0) is 11.3 Å². The first kappa shape index (κ1) is 15.2. The minimum absolute atomic E-state index is 0.111. The smallest absolute Gasteiger partial charge is 0.338 e. The number of ether oxygens (including phenoxy) is 1. The maximum absolute atomic E-state index is 13.1. The van der Waals surface area contributed by atoms with Gasteiger partial charge in [-0.25, -0.2) is 9.18 Å². The number of hydrogen-bond acceptors (Lipinski definition) is 5. The van der Waals surface area contributed by atoms with Crippen molar-refractivity contribution in [3.63, 3.8) is 0 Å². The lowest BCUT2D eigenvalue weighted by molar-refractivity contribution is 0.0429. The van der Waals surface area contributed by atoms with Crippen LogP contribution in [0.15, 0.2) is 53.1 Å². The number of benzene rings is 2. The van der Waals surface area contributed by atoms with E-state index in [1.54, 1.807) is 24.3 Å². The SMILES string of the molecule is O=C(OCc1nc(-c2cccc(Cl)c2)no1)c1cccc(F)c1. The molecule has 0 fully saturated rings. The molecule has 3 rings (SSSR count). The summed E-state index contributed by atoms with van der Waals surface area (Å²) in [6.07, 6.45) is 0. The van der Waals surface area contributed by atoms with Gasteiger partial charge in [0.05, 0.1) is 5.56 Å². The van der Waals surface area contributed by atoms with E-state index in [-0.39, 0.29) is 18.1 Å². The number of rotatable bonds is 4. The summed E-state index contributed by atoms with van der Waals surface area (Å²) in [6.45, 7) is -0.205. The average molecular weight is 333 g/mol. The van der Waals surface area contributed by atoms with E-state index in [0.29, 0.717) is 16.4 Å². The highest BCUT2D eigenvalue weighted by Crippen LogP contribution is 2.20. The third-order valence-electron chi connectivity index (χ3n) is 2.94. The van der Waals surface area contributed by atoms with Gasteiger partial charge in [0.25, 0.3) is 5.89 Å². The number of carbonyl (C=O) groups excluding carboxylic acids is 1. The largest absolute Gasteiger partial charge is 0.452 e. The van der Waals surface area contributed by atoms with Crippen LogP contribution in [0.4, 0.5) is 4.39 Å². The quantitative estimate of drug-likeness (QED) is 0.678. The van der Waals surface area contributed by atoms with Crippen molar-refractivity contribution in [3.8, 4) is 11.4 Å². The van der Waals surface area contributed by atoms with Crippen molar-refractivity contribution in [2.24, 2.45) is 0 Å². The minimum Gasteiger partial charge on any atom is -0.452 e. The number of aromatic nitrogens is 2. The Bertz CT molecular complexity index is 851. The van der Waals surface area contributed by atoms with Gasteiger partial charge in [-0.3, -0.25) is 0 Å². The number of esters is 1. The molecule has 0 atom stereocenters. The lowest BCUT2D eigenvalue weighted by Gasteiger charge is -2.01. The second-order valence-corrected chi connectivity index (χ2v) is 5.04. The molecule has 0 spiro atoms. The fourth-order valence-corrected chi connectivity index (χ4v) is 2.07. The van der Waals surface area contributed by atoms with Gasteiger partial charge in [0.2, 0.25) is 5.82 Å². The van der Waals surface area contributed by atoms with Crippen LogP contribution < -0.4 is 0 Å². The van der Waals surface area contributed by atoms with Crippen molar-refractivity contribution in [1.82, 2.24) is 10.1 Å². The van der Waals surface area contributed by atoms with E-state index < -0.39 is 11.8 Å². The molecule has 0 amide bonds. The van der Waals surface area contributed by atoms with Crippen LogP contribution >= 0.6 is 11.6 Å². The topological polar surface area (TPSA) is 65.2 Å². The molecular formula is C16H10ClFN2O3. The van der Waals surface area contributed by atoms with E-state index in [0.717, 1.165) is 6.07 Å². The van der Waals surface area contributed by atoms with Crippen LogP contribution in [0.2, 0.25) is 5.02 Å². The van der Waals surface area contributed by atoms with E-state index >= 15 is 0 Å². The molecule has 0 radical (unpaired) electrons. The third kappa shape index (κ3) is 3.73. The molecule has 2 aromatic carbocycles. The van der Waals surface area contributed by atoms with Crippen molar-refractivity contribution in [2.45, 2.75) is 6.61 Å². The van der Waals surface area contributed by atoms with Gasteiger partial charge >= 0.3 is 5.97 Å². The van der Waals surface area contributed by atoms with E-state index in [1.165, 1.54) is 18.2 Å². The first-order valence-electron chi connectivity index (χ1n) is 6.63. The molecular weight excluding hydrogens is 323 g/mol. The maximum atomic E-state index is 13.1. The fraction of sp³-hybridized carbons (Fsp3) is 0.0625. The molecule has 0 aliphatic carbocycles. The van der Waals surface area contributed by atoms with Gasteiger partial charge in [-0.2, -0.15) is 4.98 Å². The molecule has 1 aromatic heterocycles. The zero-order valence-electron chi connectivity index (χ0n) is 11.7. The van der Waals surface area contributed by atoms with E-state index in [9.17, 15) is 9.18 Å². The molecule has 0 N–H and O–H groups in total. The predicted molar refractivity (Wildman–Crippen MR) is 80.3 cm³/mol. The Morgan fingerprint density at radius 2 is 2.04 bits per heavy atom. The Balaban J connectivity index is 1.67. The summed E-state index contributed by atoms with van der Waals surface area (Å²) in [5.74, 6) is -0.721. The molecule has 0 aliphatic rings. The standard InChI is InChI=1S/C16H10ClFN2O3/c17-12-5-1-3-10(7-12)15-19-14(23-20-15)9-22-16(21)11-4-2-6-13(18)8-11/h1-8H,9H2. The van der Waals surface area contributed by atoms with Gasteiger partial charge in [-0.05, 0) is 30.3 Å². The van der Waals surface area contributed by atoms with Gasteiger partial charge in [-0.1, -0.05) is 35.0 Å². The second-order valence-electron chi connectivity index (χ2n) is 4.61. The predicted octanol–water partition coefficient (Wildman–Crippen LogP) is 3.89. The molecule has 7 heteroatoms. The van der Waals surface area contributed by atoms with Crippen LogP contribution in [0.3, 0.4) is 0 Å². The fourth-order valence-electron chi connectivity index (χ4n) is 1.88. The van der Waals surface area contributed by atoms with Crippen LogP contribution in [-0.4, -0.2) is 16.1 Å². The molecule has 5 nitrogen and oxygen atoms in total. The summed E-state index contributed by atoms with van der Waals surface area (Å²) >= 11 is 5.90. The van der Waals surface area contributed by atoms with Crippen LogP contribution in [0, 0.1) is 5.82 Å². The molecule has 0 bridgehead atoms. The minimum atomic E-state index is -0.674. The van der Waals surface area contributed by atoms with Gasteiger partial charge in [0.15, 0.2) is 6.61 Å². The normalized spacial score (nSPS) is 10.5. The number of carbonyl (C=O) groups is 1. The Hall–Kier alpha value is -2.73. The van der Waals surface area contributed by atoms with E-state index in [4.69, 9.17) is 20.9 Å². The molecule has 0 saturated carbocycles. The summed E-state index contributed by atoms with van der Waals surface area (Å²) in [5.41, 5.74) is 0.795. The summed E-state index contributed by atoms with van der Waals surface area (Å²) < 4.78 is 23.1. The average Bonchev–Trinajstić information content (AvgIpc) is 3.01. The molecule has 0 unspecified atom stereocenters. The molecule has 0 aliphatic heterocycles. The summed E-state index contributed by atoms with van der Waals surface area (Å²) in [7, 11) is 0. The zero-order valence-corrected chi connectivity index (χ0v) is 12.5. The number of hydrogen-bond donors (Lipinski definition) is 0. The number of halogens is 2. The van der Waals surface area contributed by atoms with Gasteiger partial charge in [0, 0.05) is 10.6 Å². The molecule has 3 aromatic rings. The highest BCUT2D eigenvalue weighted by molar-refractivity contribution is 6.30. The van der Waals surface area contributed by atoms with E-state index in [1.807, 2.05) is 0 Å². The van der Waals surface area contributed by atoms with Crippen molar-refractivity contribution in [1.29, 1.82) is 0 Å². The second kappa shape index (κ2) is 6.58. The Labute approximate surface area is 135 Å². The Morgan fingerprint density at radius 1 is 1.22 bits per heavy atom. The highest BCUT2D eigenvalue weighted by atomic mass is 35.5. The molecule has 23 heavy (non-hydrogen) atoms. The van der Waals surface area contributed by atoms with Crippen LogP contribution in [0.5, 0.6) is 0 Å². The lowest BCUT2D eigenvalue weighted by Crippen LogP contribution is -2.05. The number of nitrogens with zero attached hydrogens (tertiary/aromatic N) is 2. The lowest BCUT2D eigenvalue weighted by atomic mass is 10.2.